The summed E-state index contributed by atoms with van der Waals surface area (Å²) in [6.45, 7) is 3.37. The molecule has 3 aromatic carbocycles. The molecular formula is C23H24ClF3NO5P. The number of phenols is 1. The van der Waals surface area contributed by atoms with Gasteiger partial charge in [0.1, 0.15) is 11.5 Å². The van der Waals surface area contributed by atoms with Crippen LogP contribution in [-0.4, -0.2) is 30.1 Å². The van der Waals surface area contributed by atoms with Gasteiger partial charge in [-0.05, 0) is 42.8 Å². The van der Waals surface area contributed by atoms with Crippen molar-refractivity contribution in [2.24, 2.45) is 0 Å². The third-order valence-corrected chi connectivity index (χ3v) is 7.31. The van der Waals surface area contributed by atoms with E-state index in [1.807, 2.05) is 12.1 Å². The molecule has 0 aliphatic carbocycles. The molecule has 0 bridgehead atoms. The van der Waals surface area contributed by atoms with E-state index < -0.39 is 25.1 Å². The van der Waals surface area contributed by atoms with E-state index in [-0.39, 0.29) is 36.0 Å². The molecule has 0 aliphatic rings. The van der Waals surface area contributed by atoms with Crippen LogP contribution in [0.1, 0.15) is 25.2 Å². The summed E-state index contributed by atoms with van der Waals surface area (Å²) in [4.78, 5) is 0. The van der Waals surface area contributed by atoms with Crippen molar-refractivity contribution < 1.29 is 36.6 Å². The molecule has 2 atom stereocenters. The predicted octanol–water partition coefficient (Wildman–Crippen LogP) is 7.43. The van der Waals surface area contributed by atoms with Crippen molar-refractivity contribution in [3.05, 3.63) is 66.2 Å². The number of hydrogen-bond acceptors (Lipinski definition) is 6. The van der Waals surface area contributed by atoms with Crippen LogP contribution in [0.2, 0.25) is 0 Å². The number of halogens is 4. The Morgan fingerprint density at radius 3 is 2.38 bits per heavy atom. The summed E-state index contributed by atoms with van der Waals surface area (Å²) < 4.78 is 69.7. The van der Waals surface area contributed by atoms with Crippen molar-refractivity contribution >= 4 is 35.7 Å². The molecule has 184 valence electrons. The van der Waals surface area contributed by atoms with Crippen molar-refractivity contribution in [3.8, 4) is 11.5 Å². The van der Waals surface area contributed by atoms with Gasteiger partial charge in [0.2, 0.25) is 0 Å². The van der Waals surface area contributed by atoms with Crippen LogP contribution in [0, 0.1) is 0 Å². The van der Waals surface area contributed by atoms with Gasteiger partial charge in [0.05, 0.1) is 13.2 Å². The van der Waals surface area contributed by atoms with Gasteiger partial charge in [0.15, 0.2) is 5.78 Å². The van der Waals surface area contributed by atoms with E-state index in [1.54, 1.807) is 32.0 Å². The Morgan fingerprint density at radius 2 is 1.74 bits per heavy atom. The summed E-state index contributed by atoms with van der Waals surface area (Å²) >= 11 is 4.87. The highest BCUT2D eigenvalue weighted by Gasteiger charge is 2.42. The SMILES string of the molecule is CCOP(=O)(OCC)C(Nc1cccc(OC(F)(F)C(F)Cl)c1)c1c(O)ccc2ccccc12. The van der Waals surface area contributed by atoms with Crippen molar-refractivity contribution in [2.45, 2.75) is 31.4 Å². The maximum atomic E-state index is 13.9. The number of fused-ring (bicyclic) bond motifs is 1. The first kappa shape index (κ1) is 26.2. The summed E-state index contributed by atoms with van der Waals surface area (Å²) in [5.41, 5.74) is -2.64. The molecule has 0 saturated heterocycles. The largest absolute Gasteiger partial charge is 0.508 e. The molecule has 0 heterocycles. The van der Waals surface area contributed by atoms with Crippen LogP contribution in [0.25, 0.3) is 10.8 Å². The fourth-order valence-electron chi connectivity index (χ4n) is 3.44. The van der Waals surface area contributed by atoms with Gasteiger partial charge in [0, 0.05) is 17.3 Å². The minimum atomic E-state index is -4.26. The summed E-state index contributed by atoms with van der Waals surface area (Å²) in [6, 6.07) is 15.5. The number of hydrogen-bond donors (Lipinski definition) is 2. The minimum Gasteiger partial charge on any atom is -0.508 e. The van der Waals surface area contributed by atoms with Crippen molar-refractivity contribution in [1.82, 2.24) is 0 Å². The quantitative estimate of drug-likeness (QED) is 0.203. The molecule has 11 heteroatoms. The third kappa shape index (κ3) is 5.78. The molecular weight excluding hydrogens is 494 g/mol. The van der Waals surface area contributed by atoms with Gasteiger partial charge in [-0.3, -0.25) is 4.57 Å². The molecule has 0 fully saturated rings. The lowest BCUT2D eigenvalue weighted by molar-refractivity contribution is -0.199. The third-order valence-electron chi connectivity index (χ3n) is 4.80. The van der Waals surface area contributed by atoms with Crippen molar-refractivity contribution in [3.63, 3.8) is 0 Å². The maximum Gasteiger partial charge on any atom is 0.444 e. The Hall–Kier alpha value is -2.45. The van der Waals surface area contributed by atoms with Crippen LogP contribution in [0.15, 0.2) is 60.7 Å². The Bertz CT molecular complexity index is 1170. The molecule has 3 aromatic rings. The number of rotatable bonds is 11. The highest BCUT2D eigenvalue weighted by molar-refractivity contribution is 7.54. The highest BCUT2D eigenvalue weighted by Crippen LogP contribution is 2.63. The van der Waals surface area contributed by atoms with E-state index in [2.05, 4.69) is 10.1 Å². The zero-order chi connectivity index (χ0) is 24.9. The number of alkyl halides is 4. The second-order valence-corrected chi connectivity index (χ2v) is 9.63. The minimum absolute atomic E-state index is 0.0456. The lowest BCUT2D eigenvalue weighted by Gasteiger charge is -2.29. The van der Waals surface area contributed by atoms with Gasteiger partial charge < -0.3 is 24.2 Å². The molecule has 0 saturated carbocycles. The monoisotopic (exact) mass is 517 g/mol. The topological polar surface area (TPSA) is 77.0 Å². The normalized spacial score (nSPS) is 14.1. The van der Waals surface area contributed by atoms with Crippen molar-refractivity contribution in [2.75, 3.05) is 18.5 Å². The van der Waals surface area contributed by atoms with E-state index in [9.17, 15) is 22.8 Å². The molecule has 34 heavy (non-hydrogen) atoms. The first-order valence-corrected chi connectivity index (χ1v) is 12.5. The first-order chi connectivity index (χ1) is 16.1. The average Bonchev–Trinajstić information content (AvgIpc) is 2.78. The van der Waals surface area contributed by atoms with Crippen molar-refractivity contribution in [1.29, 1.82) is 0 Å². The number of anilines is 1. The first-order valence-electron chi connectivity index (χ1n) is 10.4. The number of benzene rings is 3. The molecule has 3 rings (SSSR count). The Morgan fingerprint density at radius 1 is 1.06 bits per heavy atom. The lowest BCUT2D eigenvalue weighted by atomic mass is 10.0. The maximum absolute atomic E-state index is 13.9. The molecule has 0 aromatic heterocycles. The van der Waals surface area contributed by atoms with Crippen LogP contribution in [0.4, 0.5) is 18.9 Å². The fraction of sp³-hybridized carbons (Fsp3) is 0.304. The van der Waals surface area contributed by atoms with Crippen LogP contribution < -0.4 is 10.1 Å². The number of aromatic hydroxyl groups is 1. The van der Waals surface area contributed by atoms with Crippen LogP contribution in [0.5, 0.6) is 11.5 Å². The fourth-order valence-corrected chi connectivity index (χ4v) is 5.47. The zero-order valence-corrected chi connectivity index (χ0v) is 20.0. The number of phenolic OH excluding ortho intramolecular Hbond substituents is 1. The smallest absolute Gasteiger partial charge is 0.444 e. The summed E-state index contributed by atoms with van der Waals surface area (Å²) in [7, 11) is -3.96. The zero-order valence-electron chi connectivity index (χ0n) is 18.4. The molecule has 6 nitrogen and oxygen atoms in total. The second kappa shape index (κ2) is 10.9. The van der Waals surface area contributed by atoms with Gasteiger partial charge in [-0.1, -0.05) is 48.0 Å². The molecule has 0 radical (unpaired) electrons. The number of nitrogens with one attached hydrogen (secondary N) is 1. The Kier molecular flexibility index (Phi) is 8.36. The number of ether oxygens (including phenoxy) is 1. The lowest BCUT2D eigenvalue weighted by Crippen LogP contribution is -2.32. The molecule has 0 spiro atoms. The van der Waals surface area contributed by atoms with E-state index in [0.717, 1.165) is 11.5 Å². The van der Waals surface area contributed by atoms with Gasteiger partial charge in [0.25, 0.3) is 5.63 Å². The average molecular weight is 518 g/mol. The Balaban J connectivity index is 2.12. The standard InChI is InChI=1S/C23H24ClF3NO5P/c1-3-31-34(30,32-4-2)21(20-18-11-6-5-8-15(18)12-13-19(20)29)28-16-9-7-10-17(14-16)33-23(26,27)22(24)25/h5-14,21-22,28-29H,3-4H2,1-2H3. The van der Waals surface area contributed by atoms with Gasteiger partial charge in [-0.15, -0.1) is 0 Å². The molecule has 2 unspecified atom stereocenters. The predicted molar refractivity (Wildman–Crippen MR) is 126 cm³/mol. The highest BCUT2D eigenvalue weighted by atomic mass is 35.5. The van der Waals surface area contributed by atoms with Crippen LogP contribution >= 0.6 is 19.2 Å². The summed E-state index contributed by atoms with van der Waals surface area (Å²) in [5.74, 6) is -1.78. The van der Waals surface area contributed by atoms with Crippen LogP contribution in [0.3, 0.4) is 0 Å². The summed E-state index contributed by atoms with van der Waals surface area (Å²) in [5, 5.41) is 15.1. The molecule has 0 aliphatic heterocycles. The van der Waals surface area contributed by atoms with E-state index in [4.69, 9.17) is 20.6 Å². The summed E-state index contributed by atoms with van der Waals surface area (Å²) in [6.07, 6.45) is -4.26. The van der Waals surface area contributed by atoms with E-state index in [0.29, 0.717) is 5.39 Å². The molecule has 2 N–H and O–H groups in total. The second-order valence-electron chi connectivity index (χ2n) is 7.13. The van der Waals surface area contributed by atoms with Gasteiger partial charge in [-0.2, -0.15) is 8.78 Å². The van der Waals surface area contributed by atoms with Crippen LogP contribution in [-0.2, 0) is 13.6 Å². The Labute approximate surface area is 200 Å². The van der Waals surface area contributed by atoms with Gasteiger partial charge >= 0.3 is 13.7 Å². The van der Waals surface area contributed by atoms with E-state index >= 15 is 0 Å². The van der Waals surface area contributed by atoms with E-state index in [1.165, 1.54) is 24.3 Å². The van der Waals surface area contributed by atoms with Gasteiger partial charge in [-0.25, -0.2) is 4.39 Å². The molecule has 0 amide bonds.